The molecule has 6 amide bonds. The quantitative estimate of drug-likeness (QED) is 0.328. The van der Waals surface area contributed by atoms with Crippen molar-refractivity contribution in [1.29, 1.82) is 0 Å². The van der Waals surface area contributed by atoms with Crippen molar-refractivity contribution in [1.82, 2.24) is 30.1 Å². The molecule has 3 aliphatic heterocycles. The molecule has 0 unspecified atom stereocenters. The van der Waals surface area contributed by atoms with E-state index in [1.54, 1.807) is 11.9 Å². The van der Waals surface area contributed by atoms with Gasteiger partial charge in [-0.05, 0) is 48.8 Å². The highest BCUT2D eigenvalue weighted by Gasteiger charge is 2.62. The molecule has 1 saturated heterocycles. The normalized spacial score (nSPS) is 28.4. The molecule has 3 N–H and O–H groups in total. The van der Waals surface area contributed by atoms with Gasteiger partial charge in [-0.3, -0.25) is 24.0 Å². The van der Waals surface area contributed by atoms with Crippen LogP contribution >= 0.6 is 0 Å². The number of nitrogens with one attached hydrogen (secondary N) is 3. The summed E-state index contributed by atoms with van der Waals surface area (Å²) in [5.74, 6) is -2.57. The number of benzene rings is 1. The molecule has 0 aromatic heterocycles. The van der Waals surface area contributed by atoms with Crippen molar-refractivity contribution in [2.45, 2.75) is 100 Å². The second-order valence-electron chi connectivity index (χ2n) is 14.0. The highest BCUT2D eigenvalue weighted by molar-refractivity contribution is 7.91. The van der Waals surface area contributed by atoms with E-state index in [9.17, 15) is 32.4 Å². The monoisotopic (exact) mass is 710 g/mol. The first-order valence-corrected chi connectivity index (χ1v) is 19.0. The van der Waals surface area contributed by atoms with Gasteiger partial charge in [0.05, 0.1) is 18.3 Å². The summed E-state index contributed by atoms with van der Waals surface area (Å²) >= 11 is 0. The Morgan fingerprint density at radius 3 is 2.66 bits per heavy atom. The first-order valence-electron chi connectivity index (χ1n) is 17.4. The molecular weight excluding hydrogens is 664 g/mol. The fraction of sp³-hybridized carbons (Fsp3) is 0.571. The Bertz CT molecular complexity index is 1710. The van der Waals surface area contributed by atoms with E-state index in [4.69, 9.17) is 4.74 Å². The number of carbonyl (C=O) groups is 5. The Kier molecular flexibility index (Phi) is 9.98. The van der Waals surface area contributed by atoms with Crippen LogP contribution in [0.3, 0.4) is 0 Å². The van der Waals surface area contributed by atoms with Crippen LogP contribution in [0.25, 0.3) is 6.08 Å². The Morgan fingerprint density at radius 2 is 1.96 bits per heavy atom. The fourth-order valence-corrected chi connectivity index (χ4v) is 8.41. The van der Waals surface area contributed by atoms with Gasteiger partial charge in [-0.2, -0.15) is 0 Å². The smallest absolute Gasteiger partial charge is 0.410 e. The number of ether oxygens (including phenoxy) is 1. The third kappa shape index (κ3) is 7.23. The van der Waals surface area contributed by atoms with Gasteiger partial charge in [0, 0.05) is 32.5 Å². The summed E-state index contributed by atoms with van der Waals surface area (Å²) in [6.45, 7) is 6.68. The maximum absolute atomic E-state index is 14.3. The van der Waals surface area contributed by atoms with E-state index in [1.807, 2.05) is 37.3 Å². The summed E-state index contributed by atoms with van der Waals surface area (Å²) in [7, 11) is -2.24. The van der Waals surface area contributed by atoms with E-state index in [2.05, 4.69) is 21.9 Å². The van der Waals surface area contributed by atoms with Gasteiger partial charge < -0.3 is 25.2 Å². The van der Waals surface area contributed by atoms with Crippen LogP contribution in [0, 0.1) is 5.92 Å². The van der Waals surface area contributed by atoms with Gasteiger partial charge in [0.15, 0.2) is 0 Å². The topological polar surface area (TPSA) is 175 Å². The summed E-state index contributed by atoms with van der Waals surface area (Å²) in [6.07, 6.45) is 7.28. The second kappa shape index (κ2) is 14.1. The molecule has 2 aliphatic carbocycles. The van der Waals surface area contributed by atoms with Gasteiger partial charge in [-0.25, -0.2) is 18.0 Å². The van der Waals surface area contributed by atoms with E-state index in [1.165, 1.54) is 15.9 Å². The van der Waals surface area contributed by atoms with Gasteiger partial charge in [0.1, 0.15) is 23.7 Å². The minimum atomic E-state index is -3.89. The van der Waals surface area contributed by atoms with Crippen LogP contribution < -0.4 is 15.4 Å². The Morgan fingerprint density at radius 1 is 1.18 bits per heavy atom. The number of fused-ring (bicyclic) bond motifs is 3. The Hall–Kier alpha value is -4.40. The lowest BCUT2D eigenvalue weighted by Gasteiger charge is -2.30. The van der Waals surface area contributed by atoms with E-state index < -0.39 is 74.8 Å². The van der Waals surface area contributed by atoms with Crippen molar-refractivity contribution in [2.24, 2.45) is 5.92 Å². The molecule has 1 aromatic carbocycles. The van der Waals surface area contributed by atoms with Crippen LogP contribution in [-0.4, -0.2) is 102 Å². The summed E-state index contributed by atoms with van der Waals surface area (Å²) in [6, 6.07) is 3.31. The van der Waals surface area contributed by atoms with Crippen LogP contribution in [0.2, 0.25) is 0 Å². The zero-order chi connectivity index (χ0) is 35.8. The molecule has 3 heterocycles. The van der Waals surface area contributed by atoms with Gasteiger partial charge in [0.2, 0.25) is 21.8 Å². The lowest BCUT2D eigenvalue weighted by atomic mass is 10.0. The van der Waals surface area contributed by atoms with E-state index in [0.717, 1.165) is 23.1 Å². The molecule has 14 nitrogen and oxygen atoms in total. The molecule has 270 valence electrons. The molecule has 4 bridgehead atoms. The number of nitrogens with zero attached hydrogens (tertiary/aromatic N) is 3. The summed E-state index contributed by atoms with van der Waals surface area (Å²) in [5.41, 5.74) is 1.41. The molecule has 5 aliphatic rings. The first-order chi connectivity index (χ1) is 23.9. The van der Waals surface area contributed by atoms with Crippen LogP contribution in [0.15, 0.2) is 36.9 Å². The maximum atomic E-state index is 14.3. The van der Waals surface area contributed by atoms with Crippen LogP contribution in [0.1, 0.15) is 75.0 Å². The van der Waals surface area contributed by atoms with Crippen molar-refractivity contribution in [3.05, 3.63) is 53.6 Å². The van der Waals surface area contributed by atoms with E-state index >= 15 is 0 Å². The van der Waals surface area contributed by atoms with Crippen molar-refractivity contribution in [3.63, 3.8) is 0 Å². The predicted molar refractivity (Wildman–Crippen MR) is 183 cm³/mol. The molecule has 5 atom stereocenters. The number of sulfonamides is 1. The lowest BCUT2D eigenvalue weighted by molar-refractivity contribution is -0.141. The van der Waals surface area contributed by atoms with Gasteiger partial charge in [0.25, 0.3) is 5.91 Å². The molecule has 6 rings (SSSR count). The molecule has 0 spiro atoms. The summed E-state index contributed by atoms with van der Waals surface area (Å²) in [4.78, 5) is 73.0. The van der Waals surface area contributed by atoms with Crippen molar-refractivity contribution < 1.29 is 37.1 Å². The van der Waals surface area contributed by atoms with Crippen LogP contribution in [0.4, 0.5) is 9.59 Å². The Balaban J connectivity index is 1.28. The summed E-state index contributed by atoms with van der Waals surface area (Å²) < 4.78 is 33.3. The van der Waals surface area contributed by atoms with E-state index in [-0.39, 0.29) is 19.4 Å². The number of amides is 6. The minimum Gasteiger partial charge on any atom is -0.444 e. The van der Waals surface area contributed by atoms with Crippen LogP contribution in [0.5, 0.6) is 0 Å². The fourth-order valence-electron chi connectivity index (χ4n) is 7.05. The van der Waals surface area contributed by atoms with Crippen molar-refractivity contribution in [3.8, 4) is 0 Å². The first kappa shape index (κ1) is 35.4. The third-order valence-corrected chi connectivity index (χ3v) is 12.2. The minimum absolute atomic E-state index is 0.0523. The van der Waals surface area contributed by atoms with Gasteiger partial charge >= 0.3 is 12.1 Å². The third-order valence-electron chi connectivity index (χ3n) is 10.4. The molecule has 1 aromatic rings. The average Bonchev–Trinajstić information content (AvgIpc) is 3.98. The lowest BCUT2D eigenvalue weighted by Crippen LogP contribution is -2.58. The zero-order valence-electron chi connectivity index (χ0n) is 28.6. The highest BCUT2D eigenvalue weighted by atomic mass is 32.2. The average molecular weight is 711 g/mol. The van der Waals surface area contributed by atoms with Crippen molar-refractivity contribution >= 4 is 45.9 Å². The summed E-state index contributed by atoms with van der Waals surface area (Å²) in [5, 5.41) is 4.97. The standard InChI is InChI=1S/C35H46N6O8S/c1-4-6-13-28-31(43)41-20-25(17-29(41)30(42)37-35(18-24(35)5-2)32(44)38-50(47,48)26-14-15-26)49-34(46)40-19-23-12-9-11-22(27(23)21-40)10-7-8-16-39(3)33(45)36-28/h5,7,9-12,24-26,28-29H,2,4,6,8,13-21H2,1,3H3,(H,36,45)(H,37,42)(H,38,44)/t24-,25-,28+,29+,35-/m1/s1. The number of hydrogen-bond acceptors (Lipinski definition) is 8. The molecule has 50 heavy (non-hydrogen) atoms. The number of hydrogen-bond donors (Lipinski definition) is 3. The number of unbranched alkanes of at least 4 members (excludes halogenated alkanes) is 1. The molecular formula is C35H46N6O8S. The predicted octanol–water partition coefficient (Wildman–Crippen LogP) is 2.39. The molecule has 15 heteroatoms. The number of rotatable bonds is 9. The molecule has 3 fully saturated rings. The van der Waals surface area contributed by atoms with Gasteiger partial charge in [-0.1, -0.05) is 56.2 Å². The van der Waals surface area contributed by atoms with Crippen molar-refractivity contribution in [2.75, 3.05) is 20.1 Å². The van der Waals surface area contributed by atoms with Gasteiger partial charge in [-0.15, -0.1) is 6.58 Å². The second-order valence-corrected chi connectivity index (χ2v) is 16.0. The highest BCUT2D eigenvalue weighted by Crippen LogP contribution is 2.45. The number of urea groups is 1. The Labute approximate surface area is 292 Å². The SMILES string of the molecule is C=C[C@@H]1C[C@]1(NC(=O)[C@@H]1C[C@@H]2CN1C(=O)[C@H](CCCC)NC(=O)N(C)CCC=Cc1cccc3c1CN(C3)C(=O)O2)C(=O)NS(=O)(=O)C1CC1. The zero-order valence-corrected chi connectivity index (χ0v) is 29.4. The number of carbonyl (C=O) groups excluding carboxylic acids is 5. The van der Waals surface area contributed by atoms with Crippen LogP contribution in [-0.2, 0) is 42.2 Å². The molecule has 2 saturated carbocycles. The molecule has 0 radical (unpaired) electrons. The largest absolute Gasteiger partial charge is 0.444 e. The van der Waals surface area contributed by atoms with E-state index in [0.29, 0.717) is 51.7 Å². The maximum Gasteiger partial charge on any atom is 0.410 e.